The lowest BCUT2D eigenvalue weighted by Gasteiger charge is -2.07. The summed E-state index contributed by atoms with van der Waals surface area (Å²) in [7, 11) is 0. The Bertz CT molecular complexity index is 275. The molecule has 0 aliphatic carbocycles. The normalized spacial score (nSPS) is 27.9. The highest BCUT2D eigenvalue weighted by atomic mass is 35.5. The predicted octanol–water partition coefficient (Wildman–Crippen LogP) is 1.00. The smallest absolute Gasteiger partial charge is 0.132 e. The Kier molecular flexibility index (Phi) is 1.17. The second kappa shape index (κ2) is 2.02. The molecule has 0 N–H and O–H groups in total. The third kappa shape index (κ3) is 0.708. The van der Waals surface area contributed by atoms with Crippen LogP contribution >= 0.6 is 11.6 Å². The first-order valence-electron chi connectivity index (χ1n) is 2.86. The Hall–Kier alpha value is -0.960. The monoisotopic (exact) mass is 153 g/mol. The van der Waals surface area contributed by atoms with Crippen molar-refractivity contribution in [2.24, 2.45) is 15.0 Å². The van der Waals surface area contributed by atoms with Gasteiger partial charge in [0.25, 0.3) is 0 Å². The van der Waals surface area contributed by atoms with Gasteiger partial charge in [-0.25, -0.2) is 4.99 Å². The van der Waals surface area contributed by atoms with Gasteiger partial charge in [-0.3, -0.25) is 9.98 Å². The maximum absolute atomic E-state index is 5.77. The molecule has 2 aliphatic heterocycles. The van der Waals surface area contributed by atoms with Crippen LogP contribution in [0.2, 0.25) is 0 Å². The summed E-state index contributed by atoms with van der Waals surface area (Å²) in [5.74, 6) is 0. The quantitative estimate of drug-likeness (QED) is 0.498. The van der Waals surface area contributed by atoms with E-state index in [0.29, 0.717) is 5.03 Å². The molecule has 0 fully saturated rings. The van der Waals surface area contributed by atoms with Gasteiger partial charge in [0.1, 0.15) is 12.4 Å². The second-order valence-electron chi connectivity index (χ2n) is 2.01. The van der Waals surface area contributed by atoms with Crippen LogP contribution in [0.15, 0.2) is 26.2 Å². The van der Waals surface area contributed by atoms with E-state index in [9.17, 15) is 0 Å². The molecule has 0 aromatic rings. The maximum atomic E-state index is 5.77. The molecule has 1 atom stereocenters. The Morgan fingerprint density at radius 3 is 3.20 bits per heavy atom. The molecule has 10 heavy (non-hydrogen) atoms. The number of rotatable bonds is 0. The predicted molar refractivity (Wildman–Crippen MR) is 42.1 cm³/mol. The first-order chi connectivity index (χ1) is 4.88. The number of hydrogen-bond donors (Lipinski definition) is 0. The third-order valence-corrected chi connectivity index (χ3v) is 1.67. The summed E-state index contributed by atoms with van der Waals surface area (Å²) >= 11 is 5.77. The molecule has 2 rings (SSSR count). The maximum Gasteiger partial charge on any atom is 0.132 e. The molecule has 3 nitrogen and oxygen atoms in total. The minimum atomic E-state index is -0.0702. The Balaban J connectivity index is 2.43. The molecule has 4 heteroatoms. The van der Waals surface area contributed by atoms with Gasteiger partial charge in [0.05, 0.1) is 17.0 Å². The van der Waals surface area contributed by atoms with Gasteiger partial charge in [0, 0.05) is 6.20 Å². The molecule has 1 unspecified atom stereocenters. The van der Waals surface area contributed by atoms with Gasteiger partial charge < -0.3 is 0 Å². The Morgan fingerprint density at radius 1 is 1.50 bits per heavy atom. The van der Waals surface area contributed by atoms with E-state index in [-0.39, 0.29) is 6.04 Å². The van der Waals surface area contributed by atoms with Gasteiger partial charge >= 0.3 is 0 Å². The van der Waals surface area contributed by atoms with Gasteiger partial charge in [-0.15, -0.1) is 0 Å². The number of halogens is 1. The summed E-state index contributed by atoms with van der Waals surface area (Å²) in [6.07, 6.45) is 4.77. The van der Waals surface area contributed by atoms with Gasteiger partial charge in [-0.1, -0.05) is 11.6 Å². The van der Waals surface area contributed by atoms with Crippen molar-refractivity contribution in [3.05, 3.63) is 11.2 Å². The van der Waals surface area contributed by atoms with Crippen LogP contribution in [0.4, 0.5) is 0 Å². The Labute approximate surface area is 62.9 Å². The lowest BCUT2D eigenvalue weighted by atomic mass is 10.2. The fourth-order valence-corrected chi connectivity index (χ4v) is 1.11. The largest absolute Gasteiger partial charge is 0.261 e. The van der Waals surface area contributed by atoms with E-state index in [1.54, 1.807) is 12.4 Å². The molecule has 0 bridgehead atoms. The van der Waals surface area contributed by atoms with E-state index < -0.39 is 0 Å². The van der Waals surface area contributed by atoms with Crippen molar-refractivity contribution in [3.8, 4) is 0 Å². The summed E-state index contributed by atoms with van der Waals surface area (Å²) in [6.45, 7) is 0. The van der Waals surface area contributed by atoms with Crippen LogP contribution in [0.25, 0.3) is 0 Å². The summed E-state index contributed by atoms with van der Waals surface area (Å²) in [5.41, 5.74) is 0.826. The van der Waals surface area contributed by atoms with E-state index in [4.69, 9.17) is 11.6 Å². The molecule has 0 amide bonds. The molecule has 0 saturated heterocycles. The van der Waals surface area contributed by atoms with E-state index in [2.05, 4.69) is 15.0 Å². The number of nitrogens with zero attached hydrogens (tertiary/aromatic N) is 3. The van der Waals surface area contributed by atoms with E-state index in [1.165, 1.54) is 6.34 Å². The fourth-order valence-electron chi connectivity index (χ4n) is 0.885. The third-order valence-electron chi connectivity index (χ3n) is 1.37. The standard InChI is InChI=1S/C6H4ClN3/c7-4-1-8-2-5-6(4)10-3-9-5/h1-3,6H. The molecule has 2 heterocycles. The van der Waals surface area contributed by atoms with Crippen molar-refractivity contribution in [2.75, 3.05) is 0 Å². The van der Waals surface area contributed by atoms with Crippen molar-refractivity contribution < 1.29 is 0 Å². The SMILES string of the molecule is ClC1=CN=CC2=NC=NC12. The van der Waals surface area contributed by atoms with Crippen LogP contribution in [0.5, 0.6) is 0 Å². The molecular weight excluding hydrogens is 150 g/mol. The molecule has 0 saturated carbocycles. The molecular formula is C6H4ClN3. The van der Waals surface area contributed by atoms with Crippen LogP contribution in [0, 0.1) is 0 Å². The highest BCUT2D eigenvalue weighted by molar-refractivity contribution is 6.43. The lowest BCUT2D eigenvalue weighted by molar-refractivity contribution is 1.09. The molecule has 50 valence electrons. The highest BCUT2D eigenvalue weighted by Crippen LogP contribution is 2.18. The summed E-state index contributed by atoms with van der Waals surface area (Å²) in [6, 6.07) is -0.0702. The second-order valence-corrected chi connectivity index (χ2v) is 2.45. The van der Waals surface area contributed by atoms with E-state index in [0.717, 1.165) is 5.71 Å². The average Bonchev–Trinajstić information content (AvgIpc) is 2.36. The number of hydrogen-bond acceptors (Lipinski definition) is 3. The summed E-state index contributed by atoms with van der Waals surface area (Å²) < 4.78 is 0. The van der Waals surface area contributed by atoms with Gasteiger partial charge in [-0.05, 0) is 0 Å². The molecule has 0 aromatic carbocycles. The zero-order chi connectivity index (χ0) is 6.97. The zero-order valence-corrected chi connectivity index (χ0v) is 5.78. The van der Waals surface area contributed by atoms with Crippen LogP contribution in [0.3, 0.4) is 0 Å². The average molecular weight is 154 g/mol. The van der Waals surface area contributed by atoms with Gasteiger partial charge in [-0.2, -0.15) is 0 Å². The molecule has 0 radical (unpaired) electrons. The van der Waals surface area contributed by atoms with Crippen molar-refractivity contribution in [1.82, 2.24) is 0 Å². The minimum absolute atomic E-state index is 0.0702. The van der Waals surface area contributed by atoms with Crippen LogP contribution in [-0.4, -0.2) is 24.3 Å². The van der Waals surface area contributed by atoms with Crippen LogP contribution < -0.4 is 0 Å². The molecule has 0 spiro atoms. The first kappa shape index (κ1) is 5.80. The topological polar surface area (TPSA) is 37.1 Å². The van der Waals surface area contributed by atoms with Gasteiger partial charge in [0.15, 0.2) is 0 Å². The van der Waals surface area contributed by atoms with Crippen molar-refractivity contribution in [1.29, 1.82) is 0 Å². The lowest BCUT2D eigenvalue weighted by Crippen LogP contribution is -2.19. The fraction of sp³-hybridized carbons (Fsp3) is 0.167. The molecule has 0 aromatic heterocycles. The molecule has 2 aliphatic rings. The van der Waals surface area contributed by atoms with Crippen molar-refractivity contribution >= 4 is 29.9 Å². The highest BCUT2D eigenvalue weighted by Gasteiger charge is 2.21. The minimum Gasteiger partial charge on any atom is -0.261 e. The zero-order valence-electron chi connectivity index (χ0n) is 5.03. The summed E-state index contributed by atoms with van der Waals surface area (Å²) in [4.78, 5) is 11.8. The van der Waals surface area contributed by atoms with Gasteiger partial charge in [0.2, 0.25) is 0 Å². The number of aliphatic imine (C=N–C) groups is 3. The number of fused-ring (bicyclic) bond motifs is 1. The van der Waals surface area contributed by atoms with E-state index in [1.807, 2.05) is 0 Å². The summed E-state index contributed by atoms with van der Waals surface area (Å²) in [5, 5.41) is 0.634. The van der Waals surface area contributed by atoms with Crippen LogP contribution in [-0.2, 0) is 0 Å². The first-order valence-corrected chi connectivity index (χ1v) is 3.24. The van der Waals surface area contributed by atoms with Crippen molar-refractivity contribution in [2.45, 2.75) is 6.04 Å². The van der Waals surface area contributed by atoms with Crippen molar-refractivity contribution in [3.63, 3.8) is 0 Å². The van der Waals surface area contributed by atoms with Crippen LogP contribution in [0.1, 0.15) is 0 Å². The van der Waals surface area contributed by atoms with E-state index >= 15 is 0 Å². The Morgan fingerprint density at radius 2 is 2.40 bits per heavy atom.